The van der Waals surface area contributed by atoms with Crippen LogP contribution in [0.3, 0.4) is 0 Å². The molecular weight excluding hydrogens is 250 g/mol. The van der Waals surface area contributed by atoms with Crippen molar-refractivity contribution in [2.45, 2.75) is 45.7 Å². The number of carbonyl (C=O) groups is 1. The number of carboxylic acid groups (broad SMARTS) is 1. The summed E-state index contributed by atoms with van der Waals surface area (Å²) in [5.41, 5.74) is 1.16. The highest BCUT2D eigenvalue weighted by atomic mass is 35.5. The molecule has 0 spiro atoms. The summed E-state index contributed by atoms with van der Waals surface area (Å²) in [5, 5.41) is 13.1. The van der Waals surface area contributed by atoms with Crippen molar-refractivity contribution in [2.75, 3.05) is 0 Å². The van der Waals surface area contributed by atoms with Gasteiger partial charge in [-0.2, -0.15) is 0 Å². The normalized spacial score (nSPS) is 11.6. The Balaban J connectivity index is 2.82. The SMILES string of the molecule is CCC(CC)(NCc1ccc(C)cc1Cl)C(=O)O. The zero-order valence-electron chi connectivity index (χ0n) is 11.1. The standard InChI is InChI=1S/C14H20ClNO2/c1-4-14(5-2,13(17)18)16-9-11-7-6-10(3)8-12(11)15/h6-8,16H,4-5,9H2,1-3H3,(H,17,18). The summed E-state index contributed by atoms with van der Waals surface area (Å²) in [6.07, 6.45) is 1.09. The van der Waals surface area contributed by atoms with Gasteiger partial charge in [-0.3, -0.25) is 10.1 Å². The Morgan fingerprint density at radius 1 is 1.39 bits per heavy atom. The van der Waals surface area contributed by atoms with E-state index >= 15 is 0 Å². The molecule has 1 aromatic carbocycles. The van der Waals surface area contributed by atoms with Crippen LogP contribution in [0.4, 0.5) is 0 Å². The molecule has 0 saturated heterocycles. The van der Waals surface area contributed by atoms with Crippen LogP contribution in [0, 0.1) is 6.92 Å². The van der Waals surface area contributed by atoms with Crippen molar-refractivity contribution >= 4 is 17.6 Å². The summed E-state index contributed by atoms with van der Waals surface area (Å²) in [5.74, 6) is -0.810. The van der Waals surface area contributed by atoms with Crippen molar-refractivity contribution in [3.8, 4) is 0 Å². The van der Waals surface area contributed by atoms with Gasteiger partial charge in [0.25, 0.3) is 0 Å². The lowest BCUT2D eigenvalue weighted by Crippen LogP contribution is -2.50. The van der Waals surface area contributed by atoms with E-state index in [9.17, 15) is 9.90 Å². The maximum absolute atomic E-state index is 11.3. The summed E-state index contributed by atoms with van der Waals surface area (Å²) in [6.45, 7) is 6.19. The molecule has 0 aromatic heterocycles. The molecule has 1 rings (SSSR count). The number of benzene rings is 1. The predicted octanol–water partition coefficient (Wildman–Crippen LogP) is 3.38. The van der Waals surface area contributed by atoms with Gasteiger partial charge >= 0.3 is 5.97 Å². The maximum Gasteiger partial charge on any atom is 0.323 e. The first-order valence-electron chi connectivity index (χ1n) is 6.18. The van der Waals surface area contributed by atoms with Crippen molar-refractivity contribution in [3.05, 3.63) is 34.3 Å². The van der Waals surface area contributed by atoms with E-state index in [0.29, 0.717) is 24.4 Å². The molecule has 4 heteroatoms. The Hall–Kier alpha value is -1.06. The molecule has 0 unspecified atom stereocenters. The third-order valence-corrected chi connectivity index (χ3v) is 3.79. The van der Waals surface area contributed by atoms with Crippen LogP contribution < -0.4 is 5.32 Å². The number of rotatable bonds is 6. The van der Waals surface area contributed by atoms with E-state index in [4.69, 9.17) is 11.6 Å². The van der Waals surface area contributed by atoms with Gasteiger partial charge < -0.3 is 5.11 Å². The van der Waals surface area contributed by atoms with Gasteiger partial charge in [0, 0.05) is 11.6 Å². The number of nitrogens with one attached hydrogen (secondary N) is 1. The average molecular weight is 270 g/mol. The highest BCUT2D eigenvalue weighted by Crippen LogP contribution is 2.21. The lowest BCUT2D eigenvalue weighted by molar-refractivity contribution is -0.145. The third kappa shape index (κ3) is 3.24. The van der Waals surface area contributed by atoms with E-state index in [0.717, 1.165) is 11.1 Å². The Kier molecular flexibility index (Phi) is 5.17. The fourth-order valence-electron chi connectivity index (χ4n) is 1.94. The molecule has 0 fully saturated rings. The van der Waals surface area contributed by atoms with Gasteiger partial charge in [-0.25, -0.2) is 0 Å². The van der Waals surface area contributed by atoms with E-state index in [-0.39, 0.29) is 0 Å². The monoisotopic (exact) mass is 269 g/mol. The first-order valence-corrected chi connectivity index (χ1v) is 6.56. The van der Waals surface area contributed by atoms with Gasteiger partial charge in [0.2, 0.25) is 0 Å². The first-order chi connectivity index (χ1) is 8.45. The smallest absolute Gasteiger partial charge is 0.323 e. The zero-order chi connectivity index (χ0) is 13.8. The fourth-order valence-corrected chi connectivity index (χ4v) is 2.24. The van der Waals surface area contributed by atoms with Crippen LogP contribution in [0.1, 0.15) is 37.8 Å². The van der Waals surface area contributed by atoms with E-state index in [1.54, 1.807) is 0 Å². The molecule has 0 aliphatic heterocycles. The molecule has 0 aliphatic carbocycles. The molecule has 0 aliphatic rings. The Morgan fingerprint density at radius 3 is 2.44 bits per heavy atom. The topological polar surface area (TPSA) is 49.3 Å². The minimum atomic E-state index is -0.867. The molecular formula is C14H20ClNO2. The van der Waals surface area contributed by atoms with E-state index < -0.39 is 11.5 Å². The lowest BCUT2D eigenvalue weighted by Gasteiger charge is -2.28. The minimum Gasteiger partial charge on any atom is -0.480 e. The molecule has 0 amide bonds. The maximum atomic E-state index is 11.3. The van der Waals surface area contributed by atoms with Crippen molar-refractivity contribution in [2.24, 2.45) is 0 Å². The number of halogens is 1. The minimum absolute atomic E-state index is 0.465. The van der Waals surface area contributed by atoms with Crippen LogP contribution in [-0.2, 0) is 11.3 Å². The van der Waals surface area contributed by atoms with Crippen LogP contribution in [0.5, 0.6) is 0 Å². The summed E-state index contributed by atoms with van der Waals surface area (Å²) < 4.78 is 0. The van der Waals surface area contributed by atoms with Gasteiger partial charge in [-0.05, 0) is 37.0 Å². The second-order valence-corrected chi connectivity index (χ2v) is 4.95. The Bertz CT molecular complexity index is 428. The summed E-state index contributed by atoms with van der Waals surface area (Å²) in [7, 11) is 0. The molecule has 0 saturated carbocycles. The molecule has 2 N–H and O–H groups in total. The van der Waals surface area contributed by atoms with Gasteiger partial charge in [0.1, 0.15) is 5.54 Å². The third-order valence-electron chi connectivity index (χ3n) is 3.44. The number of aliphatic carboxylic acids is 1. The van der Waals surface area contributed by atoms with E-state index in [1.807, 2.05) is 39.0 Å². The average Bonchev–Trinajstić information content (AvgIpc) is 2.32. The molecule has 3 nitrogen and oxygen atoms in total. The van der Waals surface area contributed by atoms with E-state index in [2.05, 4.69) is 5.32 Å². The van der Waals surface area contributed by atoms with Crippen LogP contribution >= 0.6 is 11.6 Å². The Labute approximate surface area is 113 Å². The molecule has 1 aromatic rings. The summed E-state index contributed by atoms with van der Waals surface area (Å²) in [6, 6.07) is 5.80. The lowest BCUT2D eigenvalue weighted by atomic mass is 9.92. The van der Waals surface area contributed by atoms with Gasteiger partial charge in [0.15, 0.2) is 0 Å². The van der Waals surface area contributed by atoms with Gasteiger partial charge in [-0.1, -0.05) is 37.6 Å². The number of carboxylic acids is 1. The number of hydrogen-bond donors (Lipinski definition) is 2. The van der Waals surface area contributed by atoms with Crippen LogP contribution in [0.15, 0.2) is 18.2 Å². The summed E-state index contributed by atoms with van der Waals surface area (Å²) in [4.78, 5) is 11.3. The molecule has 0 radical (unpaired) electrons. The molecule has 0 atom stereocenters. The van der Waals surface area contributed by atoms with Crippen LogP contribution in [0.2, 0.25) is 5.02 Å². The first kappa shape index (κ1) is 15.0. The van der Waals surface area contributed by atoms with Crippen molar-refractivity contribution in [3.63, 3.8) is 0 Å². The Morgan fingerprint density at radius 2 is 2.00 bits per heavy atom. The molecule has 18 heavy (non-hydrogen) atoms. The van der Waals surface area contributed by atoms with Crippen molar-refractivity contribution in [1.29, 1.82) is 0 Å². The highest BCUT2D eigenvalue weighted by molar-refractivity contribution is 6.31. The van der Waals surface area contributed by atoms with Gasteiger partial charge in [-0.15, -0.1) is 0 Å². The molecule has 0 heterocycles. The second kappa shape index (κ2) is 6.21. The van der Waals surface area contributed by atoms with E-state index in [1.165, 1.54) is 0 Å². The van der Waals surface area contributed by atoms with Crippen LogP contribution in [0.25, 0.3) is 0 Å². The number of hydrogen-bond acceptors (Lipinski definition) is 2. The molecule has 100 valence electrons. The zero-order valence-corrected chi connectivity index (χ0v) is 11.8. The summed E-state index contributed by atoms with van der Waals surface area (Å²) >= 11 is 6.14. The highest BCUT2D eigenvalue weighted by Gasteiger charge is 2.34. The molecule has 0 bridgehead atoms. The van der Waals surface area contributed by atoms with Crippen LogP contribution in [-0.4, -0.2) is 16.6 Å². The largest absolute Gasteiger partial charge is 0.480 e. The number of aryl methyl sites for hydroxylation is 1. The fraction of sp³-hybridized carbons (Fsp3) is 0.500. The second-order valence-electron chi connectivity index (χ2n) is 4.54. The van der Waals surface area contributed by atoms with Crippen molar-refractivity contribution in [1.82, 2.24) is 5.32 Å². The van der Waals surface area contributed by atoms with Gasteiger partial charge in [0.05, 0.1) is 0 Å². The quantitative estimate of drug-likeness (QED) is 0.832. The van der Waals surface area contributed by atoms with Crippen molar-refractivity contribution < 1.29 is 9.90 Å². The predicted molar refractivity (Wildman–Crippen MR) is 74.0 cm³/mol.